The molecule has 0 spiro atoms. The molecule has 0 bridgehead atoms. The summed E-state index contributed by atoms with van der Waals surface area (Å²) in [5.74, 6) is 0.419. The molecule has 0 aromatic heterocycles. The lowest BCUT2D eigenvalue weighted by atomic mass is 10.0. The van der Waals surface area contributed by atoms with Crippen LogP contribution in [0.2, 0.25) is 0 Å². The Balaban J connectivity index is 1.72. The van der Waals surface area contributed by atoms with E-state index in [4.69, 9.17) is 5.73 Å². The smallest absolute Gasteiger partial charge is 0.198 e. The molecule has 0 fully saturated rings. The highest BCUT2D eigenvalue weighted by Gasteiger charge is 2.15. The fraction of sp³-hybridized carbons (Fsp3) is 0.190. The van der Waals surface area contributed by atoms with Crippen molar-refractivity contribution in [1.29, 1.82) is 0 Å². The van der Waals surface area contributed by atoms with Gasteiger partial charge < -0.3 is 11.1 Å². The van der Waals surface area contributed by atoms with E-state index in [1.807, 2.05) is 12.1 Å². The number of guanidine groups is 1. The summed E-state index contributed by atoms with van der Waals surface area (Å²) >= 11 is 0. The van der Waals surface area contributed by atoms with Gasteiger partial charge in [-0.25, -0.2) is 4.99 Å². The maximum atomic E-state index is 6.18. The number of hydrogen-bond acceptors (Lipinski definition) is 1. The van der Waals surface area contributed by atoms with E-state index in [2.05, 4.69) is 60.6 Å². The van der Waals surface area contributed by atoms with Gasteiger partial charge in [0.15, 0.2) is 5.96 Å². The van der Waals surface area contributed by atoms with Crippen molar-refractivity contribution in [2.24, 2.45) is 10.7 Å². The third kappa shape index (κ3) is 2.42. The Morgan fingerprint density at radius 2 is 1.71 bits per heavy atom. The predicted octanol–water partition coefficient (Wildman–Crippen LogP) is 4.61. The largest absolute Gasteiger partial charge is 0.369 e. The van der Waals surface area contributed by atoms with Crippen molar-refractivity contribution in [3.05, 3.63) is 70.8 Å². The highest BCUT2D eigenvalue weighted by Crippen LogP contribution is 2.35. The summed E-state index contributed by atoms with van der Waals surface area (Å²) in [6.07, 6.45) is 2.25. The van der Waals surface area contributed by atoms with E-state index in [1.165, 1.54) is 27.5 Å². The average Bonchev–Trinajstić information content (AvgIpc) is 2.99. The quantitative estimate of drug-likeness (QED) is 0.536. The number of hydrogen-bond donors (Lipinski definition) is 2. The second-order valence-corrected chi connectivity index (χ2v) is 6.45. The first kappa shape index (κ1) is 14.8. The van der Waals surface area contributed by atoms with Crippen LogP contribution in [0, 0.1) is 13.8 Å². The summed E-state index contributed by atoms with van der Waals surface area (Å²) < 4.78 is 0. The highest BCUT2D eigenvalue weighted by atomic mass is 15.1. The van der Waals surface area contributed by atoms with Crippen molar-refractivity contribution < 1.29 is 0 Å². The fourth-order valence-corrected chi connectivity index (χ4v) is 3.51. The average molecular weight is 315 g/mol. The van der Waals surface area contributed by atoms with E-state index in [1.54, 1.807) is 0 Å². The molecule has 0 saturated carbocycles. The number of nitrogens with one attached hydrogen (secondary N) is 1. The molecule has 0 amide bonds. The van der Waals surface area contributed by atoms with E-state index >= 15 is 0 Å². The summed E-state index contributed by atoms with van der Waals surface area (Å²) in [6, 6.07) is 16.9. The Morgan fingerprint density at radius 3 is 2.54 bits per heavy atom. The lowest BCUT2D eigenvalue weighted by Crippen LogP contribution is -2.22. The van der Waals surface area contributed by atoms with Gasteiger partial charge in [0.2, 0.25) is 0 Å². The molecule has 0 unspecified atom stereocenters. The third-order valence-corrected chi connectivity index (χ3v) is 4.96. The zero-order valence-corrected chi connectivity index (χ0v) is 14.1. The van der Waals surface area contributed by atoms with Crippen LogP contribution in [-0.2, 0) is 12.8 Å². The van der Waals surface area contributed by atoms with Crippen LogP contribution >= 0.6 is 0 Å². The summed E-state index contributed by atoms with van der Waals surface area (Å²) in [6.45, 7) is 4.15. The van der Waals surface area contributed by atoms with Crippen LogP contribution in [0.3, 0.4) is 0 Å². The van der Waals surface area contributed by atoms with Gasteiger partial charge in [-0.15, -0.1) is 0 Å². The van der Waals surface area contributed by atoms with Gasteiger partial charge in [-0.1, -0.05) is 36.4 Å². The van der Waals surface area contributed by atoms with Crippen LogP contribution in [0.1, 0.15) is 22.3 Å². The predicted molar refractivity (Wildman–Crippen MR) is 102 cm³/mol. The first-order chi connectivity index (χ1) is 11.6. The maximum absolute atomic E-state index is 6.18. The summed E-state index contributed by atoms with van der Waals surface area (Å²) in [4.78, 5) is 4.57. The van der Waals surface area contributed by atoms with Gasteiger partial charge in [0, 0.05) is 11.1 Å². The Labute approximate surface area is 142 Å². The number of nitrogens with two attached hydrogens (primary N) is 1. The Morgan fingerprint density at radius 1 is 0.958 bits per heavy atom. The first-order valence-corrected chi connectivity index (χ1v) is 8.34. The van der Waals surface area contributed by atoms with Crippen LogP contribution in [0.25, 0.3) is 10.8 Å². The minimum absolute atomic E-state index is 0.419. The standard InChI is InChI=1S/C21H21N3/c1-13-5-3-8-18(14(13)2)23-21(22)24-19-12-11-16-10-9-15-6-4-7-17(19)20(15)16/h3-8,11-12H,9-10H2,1-2H3,(H3,22,23,24). The topological polar surface area (TPSA) is 50.4 Å². The molecule has 0 aliphatic heterocycles. The van der Waals surface area contributed by atoms with Gasteiger partial charge in [-0.2, -0.15) is 0 Å². The van der Waals surface area contributed by atoms with Crippen LogP contribution in [0.15, 0.2) is 53.5 Å². The van der Waals surface area contributed by atoms with Crippen molar-refractivity contribution in [3.8, 4) is 0 Å². The van der Waals surface area contributed by atoms with E-state index in [0.717, 1.165) is 29.8 Å². The van der Waals surface area contributed by atoms with E-state index < -0.39 is 0 Å². The zero-order valence-electron chi connectivity index (χ0n) is 14.1. The molecule has 3 aromatic carbocycles. The lowest BCUT2D eigenvalue weighted by Gasteiger charge is -2.12. The number of benzene rings is 3. The SMILES string of the molecule is Cc1cccc(N=C(N)Nc2ccc3c4c(cccc24)CC3)c1C. The lowest BCUT2D eigenvalue weighted by molar-refractivity contribution is 1.02. The molecule has 0 heterocycles. The Hall–Kier alpha value is -2.81. The molecular weight excluding hydrogens is 294 g/mol. The summed E-state index contributed by atoms with van der Waals surface area (Å²) in [5, 5.41) is 5.89. The summed E-state index contributed by atoms with van der Waals surface area (Å²) in [5.41, 5.74) is 13.3. The molecule has 0 atom stereocenters. The van der Waals surface area contributed by atoms with Gasteiger partial charge in [0.05, 0.1) is 5.69 Å². The molecule has 120 valence electrons. The molecule has 0 radical (unpaired) electrons. The number of rotatable bonds is 2. The van der Waals surface area contributed by atoms with Crippen molar-refractivity contribution in [2.75, 3.05) is 5.32 Å². The normalized spacial score (nSPS) is 13.5. The van der Waals surface area contributed by atoms with Crippen molar-refractivity contribution in [1.82, 2.24) is 0 Å². The van der Waals surface area contributed by atoms with E-state index in [-0.39, 0.29) is 0 Å². The van der Waals surface area contributed by atoms with Crippen LogP contribution in [-0.4, -0.2) is 5.96 Å². The minimum atomic E-state index is 0.419. The van der Waals surface area contributed by atoms with Gasteiger partial charge >= 0.3 is 0 Å². The minimum Gasteiger partial charge on any atom is -0.369 e. The molecular formula is C21H21N3. The zero-order chi connectivity index (χ0) is 16.7. The molecule has 3 heteroatoms. The molecule has 4 rings (SSSR count). The molecule has 3 aromatic rings. The van der Waals surface area contributed by atoms with Gasteiger partial charge in [0.25, 0.3) is 0 Å². The molecule has 0 saturated heterocycles. The van der Waals surface area contributed by atoms with Crippen molar-refractivity contribution in [2.45, 2.75) is 26.7 Å². The maximum Gasteiger partial charge on any atom is 0.198 e. The van der Waals surface area contributed by atoms with Crippen LogP contribution in [0.5, 0.6) is 0 Å². The fourth-order valence-electron chi connectivity index (χ4n) is 3.51. The number of aryl methyl sites for hydroxylation is 3. The molecule has 1 aliphatic rings. The van der Waals surface area contributed by atoms with Crippen LogP contribution < -0.4 is 11.1 Å². The number of anilines is 1. The first-order valence-electron chi connectivity index (χ1n) is 8.34. The van der Waals surface area contributed by atoms with Gasteiger partial charge in [0.1, 0.15) is 0 Å². The van der Waals surface area contributed by atoms with E-state index in [9.17, 15) is 0 Å². The second kappa shape index (κ2) is 5.68. The molecule has 1 aliphatic carbocycles. The van der Waals surface area contributed by atoms with Crippen molar-refractivity contribution >= 4 is 28.1 Å². The summed E-state index contributed by atoms with van der Waals surface area (Å²) in [7, 11) is 0. The molecule has 3 nitrogen and oxygen atoms in total. The van der Waals surface area contributed by atoms with Crippen LogP contribution in [0.4, 0.5) is 11.4 Å². The second-order valence-electron chi connectivity index (χ2n) is 6.45. The monoisotopic (exact) mass is 315 g/mol. The van der Waals surface area contributed by atoms with Gasteiger partial charge in [-0.05, 0) is 66.5 Å². The Kier molecular flexibility index (Phi) is 3.49. The highest BCUT2D eigenvalue weighted by molar-refractivity contribution is 6.06. The molecule has 24 heavy (non-hydrogen) atoms. The number of aliphatic imine (C=N–C) groups is 1. The van der Waals surface area contributed by atoms with Gasteiger partial charge in [-0.3, -0.25) is 0 Å². The number of nitrogens with zero attached hydrogens (tertiary/aromatic N) is 1. The third-order valence-electron chi connectivity index (χ3n) is 4.96. The van der Waals surface area contributed by atoms with E-state index in [0.29, 0.717) is 5.96 Å². The van der Waals surface area contributed by atoms with Crippen molar-refractivity contribution in [3.63, 3.8) is 0 Å². The Bertz CT molecular complexity index is 960. The molecule has 3 N–H and O–H groups in total.